The highest BCUT2D eigenvalue weighted by molar-refractivity contribution is 5.82. The van der Waals surface area contributed by atoms with Gasteiger partial charge in [0.05, 0.1) is 0 Å². The van der Waals surface area contributed by atoms with Crippen molar-refractivity contribution in [3.05, 3.63) is 0 Å². The quantitative estimate of drug-likeness (QED) is 0.458. The van der Waals surface area contributed by atoms with E-state index >= 15 is 0 Å². The van der Waals surface area contributed by atoms with Gasteiger partial charge in [0.15, 0.2) is 0 Å². The van der Waals surface area contributed by atoms with Crippen LogP contribution in [-0.2, 0) is 4.79 Å². The summed E-state index contributed by atoms with van der Waals surface area (Å²) in [5, 5.41) is 22.4. The van der Waals surface area contributed by atoms with Gasteiger partial charge in [-0.3, -0.25) is 0 Å². The number of aliphatic carboxylic acids is 1. The van der Waals surface area contributed by atoms with Crippen LogP contribution in [-0.4, -0.2) is 65.9 Å². The van der Waals surface area contributed by atoms with E-state index in [-0.39, 0.29) is 13.0 Å². The van der Waals surface area contributed by atoms with E-state index in [1.165, 1.54) is 12.8 Å². The van der Waals surface area contributed by atoms with Crippen LogP contribution in [0.25, 0.3) is 0 Å². The van der Waals surface area contributed by atoms with Crippen molar-refractivity contribution < 1.29 is 19.8 Å². The molecule has 0 aliphatic heterocycles. The first-order chi connectivity index (χ1) is 8.54. The number of carbonyl (C=O) groups excluding carboxylic acids is 1. The summed E-state index contributed by atoms with van der Waals surface area (Å²) in [6.45, 7) is 0.946. The molecule has 1 aliphatic carbocycles. The Kier molecular flexibility index (Phi) is 5.87. The van der Waals surface area contributed by atoms with E-state index in [4.69, 9.17) is 10.2 Å². The third kappa shape index (κ3) is 5.33. The number of amides is 2. The van der Waals surface area contributed by atoms with Crippen LogP contribution in [0.15, 0.2) is 0 Å². The lowest BCUT2D eigenvalue weighted by Crippen LogP contribution is -2.47. The summed E-state index contributed by atoms with van der Waals surface area (Å²) < 4.78 is 0. The Hall–Kier alpha value is -1.34. The van der Waals surface area contributed by atoms with Crippen LogP contribution in [0.1, 0.15) is 19.3 Å². The fourth-order valence-corrected chi connectivity index (χ4v) is 1.64. The minimum Gasteiger partial charge on any atom is -0.480 e. The zero-order valence-electron chi connectivity index (χ0n) is 10.6. The van der Waals surface area contributed by atoms with Crippen molar-refractivity contribution in [3.63, 3.8) is 0 Å². The summed E-state index contributed by atoms with van der Waals surface area (Å²) in [5.41, 5.74) is 0. The van der Waals surface area contributed by atoms with Crippen molar-refractivity contribution in [1.82, 2.24) is 15.5 Å². The number of aliphatic hydroxyl groups excluding tert-OH is 1. The van der Waals surface area contributed by atoms with Gasteiger partial charge in [-0.05, 0) is 19.9 Å². The number of hydrogen-bond acceptors (Lipinski definition) is 4. The number of carbonyl (C=O) groups is 2. The van der Waals surface area contributed by atoms with Gasteiger partial charge in [-0.25, -0.2) is 9.59 Å². The molecule has 0 aromatic carbocycles. The zero-order valence-corrected chi connectivity index (χ0v) is 10.6. The lowest BCUT2D eigenvalue weighted by molar-refractivity contribution is -0.139. The molecule has 104 valence electrons. The number of likely N-dealkylation sites (N-methyl/N-ethyl adjacent to an activating group) is 1. The van der Waals surface area contributed by atoms with Crippen LogP contribution in [0.5, 0.6) is 0 Å². The second-order valence-electron chi connectivity index (χ2n) is 4.52. The maximum Gasteiger partial charge on any atom is 0.326 e. The highest BCUT2D eigenvalue weighted by Crippen LogP contribution is 2.24. The fraction of sp³-hybridized carbons (Fsp3) is 0.818. The molecule has 0 unspecified atom stereocenters. The van der Waals surface area contributed by atoms with Gasteiger partial charge in [0.25, 0.3) is 0 Å². The molecular weight excluding hydrogens is 238 g/mol. The second-order valence-corrected chi connectivity index (χ2v) is 4.52. The van der Waals surface area contributed by atoms with Crippen LogP contribution in [0.4, 0.5) is 4.79 Å². The number of carboxylic acid groups (broad SMARTS) is 1. The summed E-state index contributed by atoms with van der Waals surface area (Å²) >= 11 is 0. The van der Waals surface area contributed by atoms with Crippen molar-refractivity contribution in [2.75, 3.05) is 26.7 Å². The van der Waals surface area contributed by atoms with Gasteiger partial charge in [-0.2, -0.15) is 0 Å². The van der Waals surface area contributed by atoms with Gasteiger partial charge in [-0.1, -0.05) is 0 Å². The highest BCUT2D eigenvalue weighted by atomic mass is 16.4. The molecule has 7 heteroatoms. The Morgan fingerprint density at radius 2 is 2.11 bits per heavy atom. The Bertz CT molecular complexity index is 294. The van der Waals surface area contributed by atoms with Crippen molar-refractivity contribution >= 4 is 12.0 Å². The maximum absolute atomic E-state index is 11.4. The minimum atomic E-state index is -1.14. The van der Waals surface area contributed by atoms with E-state index in [0.717, 1.165) is 6.54 Å². The van der Waals surface area contributed by atoms with E-state index in [9.17, 15) is 9.59 Å². The van der Waals surface area contributed by atoms with Gasteiger partial charge >= 0.3 is 12.0 Å². The zero-order chi connectivity index (χ0) is 13.5. The molecular formula is C11H21N3O4. The molecule has 0 radical (unpaired) electrons. The normalized spacial score (nSPS) is 16.4. The molecule has 7 nitrogen and oxygen atoms in total. The van der Waals surface area contributed by atoms with Crippen LogP contribution in [0.2, 0.25) is 0 Å². The predicted octanol–water partition coefficient (Wildman–Crippen LogP) is -0.785. The van der Waals surface area contributed by atoms with Gasteiger partial charge in [0, 0.05) is 32.2 Å². The number of nitrogens with zero attached hydrogens (tertiary/aromatic N) is 1. The summed E-state index contributed by atoms with van der Waals surface area (Å²) in [5.74, 6) is -1.14. The lowest BCUT2D eigenvalue weighted by Gasteiger charge is -2.17. The molecule has 1 saturated carbocycles. The molecule has 0 aromatic heterocycles. The standard InChI is InChI=1S/C11H21N3O4/c1-14(8-2-3-8)6-5-12-11(18)13-9(4-7-15)10(16)17/h8-9,15H,2-7H2,1H3,(H,16,17)(H2,12,13,18)/t9-/m1/s1. The number of hydrogen-bond donors (Lipinski definition) is 4. The van der Waals surface area contributed by atoms with Crippen molar-refractivity contribution in [1.29, 1.82) is 0 Å². The van der Waals surface area contributed by atoms with E-state index in [1.807, 2.05) is 7.05 Å². The van der Waals surface area contributed by atoms with Crippen molar-refractivity contribution in [2.24, 2.45) is 0 Å². The lowest BCUT2D eigenvalue weighted by atomic mass is 10.2. The van der Waals surface area contributed by atoms with Gasteiger partial charge in [0.2, 0.25) is 0 Å². The first kappa shape index (κ1) is 14.7. The smallest absolute Gasteiger partial charge is 0.326 e. The third-order valence-electron chi connectivity index (χ3n) is 2.94. The molecule has 0 saturated heterocycles. The van der Waals surface area contributed by atoms with E-state index in [2.05, 4.69) is 15.5 Å². The monoisotopic (exact) mass is 259 g/mol. The van der Waals surface area contributed by atoms with Crippen LogP contribution in [0, 0.1) is 0 Å². The number of urea groups is 1. The van der Waals surface area contributed by atoms with Crippen LogP contribution in [0.3, 0.4) is 0 Å². The topological polar surface area (TPSA) is 102 Å². The number of aliphatic hydroxyl groups is 1. The third-order valence-corrected chi connectivity index (χ3v) is 2.94. The van der Waals surface area contributed by atoms with E-state index < -0.39 is 18.0 Å². The summed E-state index contributed by atoms with van der Waals surface area (Å²) in [6.07, 6.45) is 2.42. The molecule has 1 fully saturated rings. The maximum atomic E-state index is 11.4. The fourth-order valence-electron chi connectivity index (χ4n) is 1.64. The molecule has 4 N–H and O–H groups in total. The van der Waals surface area contributed by atoms with Crippen LogP contribution < -0.4 is 10.6 Å². The average Bonchev–Trinajstić information content (AvgIpc) is 3.11. The molecule has 18 heavy (non-hydrogen) atoms. The molecule has 1 atom stereocenters. The Morgan fingerprint density at radius 3 is 2.61 bits per heavy atom. The molecule has 0 aromatic rings. The first-order valence-electron chi connectivity index (χ1n) is 6.13. The van der Waals surface area contributed by atoms with E-state index in [0.29, 0.717) is 12.6 Å². The Labute approximate surface area is 106 Å². The Morgan fingerprint density at radius 1 is 1.44 bits per heavy atom. The van der Waals surface area contributed by atoms with Gasteiger partial charge < -0.3 is 25.7 Å². The average molecular weight is 259 g/mol. The molecule has 0 heterocycles. The van der Waals surface area contributed by atoms with Crippen molar-refractivity contribution in [3.8, 4) is 0 Å². The summed E-state index contributed by atoms with van der Waals surface area (Å²) in [7, 11) is 2.00. The molecule has 0 bridgehead atoms. The van der Waals surface area contributed by atoms with Crippen LogP contribution >= 0.6 is 0 Å². The largest absolute Gasteiger partial charge is 0.480 e. The Balaban J connectivity index is 2.16. The van der Waals surface area contributed by atoms with E-state index in [1.54, 1.807) is 0 Å². The molecule has 1 rings (SSSR count). The predicted molar refractivity (Wildman–Crippen MR) is 65.3 cm³/mol. The highest BCUT2D eigenvalue weighted by Gasteiger charge is 2.25. The first-order valence-corrected chi connectivity index (χ1v) is 6.13. The molecule has 2 amide bonds. The number of rotatable bonds is 8. The summed E-state index contributed by atoms with van der Waals surface area (Å²) in [6, 6.07) is -0.924. The number of carboxylic acids is 1. The minimum absolute atomic E-state index is 0.00469. The molecule has 1 aliphatic rings. The second kappa shape index (κ2) is 7.17. The van der Waals surface area contributed by atoms with Gasteiger partial charge in [0.1, 0.15) is 6.04 Å². The molecule has 0 spiro atoms. The number of nitrogens with one attached hydrogen (secondary N) is 2. The summed E-state index contributed by atoms with van der Waals surface area (Å²) in [4.78, 5) is 24.3. The van der Waals surface area contributed by atoms with Gasteiger partial charge in [-0.15, -0.1) is 0 Å². The SMILES string of the molecule is CN(CCNC(=O)N[C@H](CCO)C(=O)O)C1CC1. The van der Waals surface area contributed by atoms with Crippen molar-refractivity contribution in [2.45, 2.75) is 31.3 Å².